The zero-order valence-corrected chi connectivity index (χ0v) is 23.4. The van der Waals surface area contributed by atoms with Gasteiger partial charge in [-0.15, -0.1) is 0 Å². The number of aromatic nitrogens is 4. The molecule has 0 aromatic carbocycles. The number of ether oxygens (including phenoxy) is 2. The summed E-state index contributed by atoms with van der Waals surface area (Å²) in [4.78, 5) is 40.9. The van der Waals surface area contributed by atoms with Gasteiger partial charge in [0.1, 0.15) is 54.6 Å². The van der Waals surface area contributed by atoms with Crippen LogP contribution in [0.2, 0.25) is 0 Å². The van der Waals surface area contributed by atoms with Crippen LogP contribution in [0.4, 0.5) is 5.82 Å². The molecule has 42 heavy (non-hydrogen) atoms. The smallest absolute Gasteiger partial charge is 0.387 e. The first-order valence-electron chi connectivity index (χ1n) is 11.4. The second-order valence-electron chi connectivity index (χ2n) is 8.83. The number of nitrogens with zero attached hydrogens (tertiary/aromatic N) is 4. The number of imidazole rings is 1. The monoisotopic (exact) mass is 669 g/mol. The van der Waals surface area contributed by atoms with Crippen LogP contribution in [0.3, 0.4) is 0 Å². The number of aliphatic hydroxyl groups is 6. The predicted molar refractivity (Wildman–Crippen MR) is 128 cm³/mol. The van der Waals surface area contributed by atoms with Crippen LogP contribution in [-0.4, -0.2) is 127 Å². The number of hydrogen-bond acceptors (Lipinski definition) is 19. The van der Waals surface area contributed by atoms with Crippen LogP contribution in [-0.2, 0) is 40.8 Å². The molecule has 2 aromatic rings. The average molecular weight is 669 g/mol. The van der Waals surface area contributed by atoms with Crippen LogP contribution in [0.15, 0.2) is 12.7 Å². The molecule has 0 amide bonds. The van der Waals surface area contributed by atoms with Gasteiger partial charge < -0.3 is 60.5 Å². The lowest BCUT2D eigenvalue weighted by molar-refractivity contribution is -0.285. The molecule has 2 fully saturated rings. The Labute approximate surface area is 233 Å². The number of aliphatic hydroxyl groups excluding tert-OH is 6. The molecular weight excluding hydrogens is 643 g/mol. The number of fused-ring (bicyclic) bond motifs is 1. The summed E-state index contributed by atoms with van der Waals surface area (Å²) in [6, 6.07) is 0. The molecule has 23 nitrogen and oxygen atoms in total. The molecule has 0 saturated carbocycles. The van der Waals surface area contributed by atoms with Crippen LogP contribution >= 0.6 is 23.5 Å². The van der Waals surface area contributed by atoms with Crippen molar-refractivity contribution >= 4 is 40.4 Å². The van der Waals surface area contributed by atoms with Crippen molar-refractivity contribution in [2.75, 3.05) is 18.9 Å². The molecular formula is C16H26N5O18P3. The lowest BCUT2D eigenvalue weighted by Crippen LogP contribution is -2.58. The van der Waals surface area contributed by atoms with E-state index in [2.05, 4.69) is 32.6 Å². The molecule has 4 heterocycles. The van der Waals surface area contributed by atoms with E-state index in [0.29, 0.717) is 0 Å². The second-order valence-corrected chi connectivity index (χ2v) is 13.5. The Balaban J connectivity index is 1.32. The maximum atomic E-state index is 12.2. The molecule has 0 radical (unpaired) electrons. The average Bonchev–Trinajstić information content (AvgIpc) is 3.43. The Kier molecular flexibility index (Phi) is 9.88. The molecule has 2 aliphatic rings. The number of rotatable bonds is 11. The van der Waals surface area contributed by atoms with Crippen molar-refractivity contribution in [2.24, 2.45) is 0 Å². The summed E-state index contributed by atoms with van der Waals surface area (Å²) in [7, 11) is -17.2. The van der Waals surface area contributed by atoms with Crippen molar-refractivity contribution in [3.63, 3.8) is 0 Å². The highest BCUT2D eigenvalue weighted by molar-refractivity contribution is 7.66. The minimum absolute atomic E-state index is 0.0101. The van der Waals surface area contributed by atoms with Gasteiger partial charge in [0.05, 0.1) is 19.5 Å². The molecule has 2 aliphatic heterocycles. The van der Waals surface area contributed by atoms with Crippen molar-refractivity contribution in [1.29, 1.82) is 0 Å². The summed E-state index contributed by atoms with van der Waals surface area (Å²) in [6.07, 6.45) is -13.6. The van der Waals surface area contributed by atoms with E-state index in [1.165, 1.54) is 10.9 Å². The van der Waals surface area contributed by atoms with Gasteiger partial charge in [-0.05, 0) is 0 Å². The Hall–Kier alpha value is -1.56. The molecule has 26 heteroatoms. The Bertz CT molecular complexity index is 1410. The highest BCUT2D eigenvalue weighted by atomic mass is 31.3. The van der Waals surface area contributed by atoms with Crippen molar-refractivity contribution < 1.29 is 86.2 Å². The third-order valence-electron chi connectivity index (χ3n) is 5.90. The maximum absolute atomic E-state index is 12.2. The number of nitrogens with two attached hydrogens (primary N) is 1. The first-order valence-corrected chi connectivity index (χ1v) is 15.9. The predicted octanol–water partition coefficient (Wildman–Crippen LogP) is -3.80. The first-order chi connectivity index (χ1) is 19.4. The minimum Gasteiger partial charge on any atom is -0.387 e. The third-order valence-corrected chi connectivity index (χ3v) is 10.2. The van der Waals surface area contributed by atoms with Gasteiger partial charge in [-0.25, -0.2) is 28.6 Å². The summed E-state index contributed by atoms with van der Waals surface area (Å²) in [5.74, 6) is 0.0101. The molecule has 12 atom stereocenters. The largest absolute Gasteiger partial charge is 0.490 e. The van der Waals surface area contributed by atoms with Crippen molar-refractivity contribution in [3.05, 3.63) is 12.7 Å². The zero-order chi connectivity index (χ0) is 31.2. The standard InChI is InChI=1S/C16H26N5O18P3/c17-13-7-14(19-3-18-13)21(4-20-7)15-11(25)9(23)5(36-15)1-34-40(28,29)38-42(32,33)39-41(30,31)35-2-6-8(22)10(24)12(26)16(27)37-6/h3-6,8-12,15-16,22-27H,1-2H2,(H,28,29)(H,30,31)(H,32,33)(H2,17,18,19)/t5-,6+,8+,9-,10-,11-,12+,15?,16-/m1/s1. The topological polar surface area (TPSA) is 358 Å². The molecule has 2 aromatic heterocycles. The molecule has 4 unspecified atom stereocenters. The Morgan fingerprint density at radius 2 is 1.31 bits per heavy atom. The van der Waals surface area contributed by atoms with Gasteiger partial charge in [-0.3, -0.25) is 13.6 Å². The van der Waals surface area contributed by atoms with Gasteiger partial charge in [0.15, 0.2) is 24.0 Å². The van der Waals surface area contributed by atoms with E-state index in [-0.39, 0.29) is 17.0 Å². The maximum Gasteiger partial charge on any atom is 0.490 e. The van der Waals surface area contributed by atoms with Gasteiger partial charge >= 0.3 is 23.5 Å². The fourth-order valence-electron chi connectivity index (χ4n) is 3.88. The van der Waals surface area contributed by atoms with E-state index in [1.54, 1.807) is 0 Å². The van der Waals surface area contributed by atoms with E-state index >= 15 is 0 Å². The molecule has 0 bridgehead atoms. The van der Waals surface area contributed by atoms with Crippen molar-refractivity contribution in [1.82, 2.24) is 19.5 Å². The highest BCUT2D eigenvalue weighted by Crippen LogP contribution is 2.67. The molecule has 238 valence electrons. The summed E-state index contributed by atoms with van der Waals surface area (Å²) >= 11 is 0. The SMILES string of the molecule is Nc1ncnc2c1ncn2C1O[C@H](COP(=O)(O)OP(=O)(O)OP(=O)(O)OC[C@@H]2O[C@@H](O)[C@@H](O)[C@H](O)[C@H]2O)[C@@H](O)[C@H]1O. The molecule has 0 spiro atoms. The number of phosphoric ester groups is 2. The van der Waals surface area contributed by atoms with Gasteiger partial charge in [0, 0.05) is 0 Å². The van der Waals surface area contributed by atoms with E-state index in [9.17, 15) is 59.0 Å². The van der Waals surface area contributed by atoms with Gasteiger partial charge in [0.2, 0.25) is 0 Å². The molecule has 2 saturated heterocycles. The molecule has 0 aliphatic carbocycles. The van der Waals surface area contributed by atoms with Gasteiger partial charge in [-0.2, -0.15) is 8.62 Å². The van der Waals surface area contributed by atoms with Gasteiger partial charge in [0.25, 0.3) is 0 Å². The van der Waals surface area contributed by atoms with E-state index in [4.69, 9.17) is 15.2 Å². The minimum atomic E-state index is -5.94. The first kappa shape index (κ1) is 33.3. The number of anilines is 1. The van der Waals surface area contributed by atoms with E-state index in [1.807, 2.05) is 0 Å². The number of phosphoric acid groups is 3. The summed E-state index contributed by atoms with van der Waals surface area (Å²) in [5.41, 5.74) is 5.96. The third kappa shape index (κ3) is 7.38. The quantitative estimate of drug-likeness (QED) is 0.102. The van der Waals surface area contributed by atoms with Crippen LogP contribution < -0.4 is 5.73 Å². The summed E-state index contributed by atoms with van der Waals surface area (Å²) in [6.45, 7) is -2.19. The molecule has 4 rings (SSSR count). The van der Waals surface area contributed by atoms with Crippen molar-refractivity contribution in [2.45, 2.75) is 55.2 Å². The van der Waals surface area contributed by atoms with Gasteiger partial charge in [-0.1, -0.05) is 0 Å². The lowest BCUT2D eigenvalue weighted by atomic mass is 10.00. The van der Waals surface area contributed by atoms with Crippen LogP contribution in [0.25, 0.3) is 11.2 Å². The second kappa shape index (κ2) is 12.4. The summed E-state index contributed by atoms with van der Waals surface area (Å²) < 4.78 is 64.5. The fourth-order valence-corrected chi connectivity index (χ4v) is 7.40. The fraction of sp³-hybridized carbons (Fsp3) is 0.688. The Morgan fingerprint density at radius 1 is 0.762 bits per heavy atom. The summed E-state index contributed by atoms with van der Waals surface area (Å²) in [5, 5.41) is 59.0. The normalized spacial score (nSPS) is 36.4. The molecule has 11 N–H and O–H groups in total. The van der Waals surface area contributed by atoms with Crippen LogP contribution in [0, 0.1) is 0 Å². The number of nitrogen functional groups attached to an aromatic ring is 1. The number of hydrogen-bond donors (Lipinski definition) is 10. The van der Waals surface area contributed by atoms with Crippen LogP contribution in [0.1, 0.15) is 6.23 Å². The highest BCUT2D eigenvalue weighted by Gasteiger charge is 2.48. The Morgan fingerprint density at radius 3 is 1.90 bits per heavy atom. The lowest BCUT2D eigenvalue weighted by Gasteiger charge is -2.38. The van der Waals surface area contributed by atoms with E-state index < -0.39 is 91.9 Å². The van der Waals surface area contributed by atoms with Crippen molar-refractivity contribution in [3.8, 4) is 0 Å². The van der Waals surface area contributed by atoms with Crippen LogP contribution in [0.5, 0.6) is 0 Å². The zero-order valence-electron chi connectivity index (χ0n) is 20.7. The van der Waals surface area contributed by atoms with E-state index in [0.717, 1.165) is 6.33 Å².